The summed E-state index contributed by atoms with van der Waals surface area (Å²) in [5.41, 5.74) is -0.811. The summed E-state index contributed by atoms with van der Waals surface area (Å²) < 4.78 is 56.8. The van der Waals surface area contributed by atoms with Crippen LogP contribution < -0.4 is 5.32 Å². The Balaban J connectivity index is 1.84. The Morgan fingerprint density at radius 3 is 2.74 bits per heavy atom. The first kappa shape index (κ1) is 25.0. The van der Waals surface area contributed by atoms with Crippen molar-refractivity contribution in [1.29, 1.82) is 0 Å². The Morgan fingerprint density at radius 1 is 1.34 bits per heavy atom. The van der Waals surface area contributed by atoms with E-state index in [0.717, 1.165) is 4.68 Å². The third kappa shape index (κ3) is 4.48. The molecule has 0 unspecified atom stereocenters. The molecule has 186 valence electrons. The van der Waals surface area contributed by atoms with E-state index in [1.807, 2.05) is 0 Å². The lowest BCUT2D eigenvalue weighted by atomic mass is 9.85. The molecular formula is C24H23ClF4N4O2. The molecule has 0 radical (unpaired) electrons. The molecule has 1 aromatic heterocycles. The summed E-state index contributed by atoms with van der Waals surface area (Å²) in [6.45, 7) is 5.06. The molecule has 1 saturated heterocycles. The van der Waals surface area contributed by atoms with Crippen LogP contribution >= 0.6 is 11.6 Å². The molecule has 1 aliphatic heterocycles. The Kier molecular flexibility index (Phi) is 6.54. The average Bonchev–Trinajstić information content (AvgIpc) is 3.39. The number of carbonyl (C=O) groups is 1. The molecule has 1 aliphatic rings. The fourth-order valence-electron chi connectivity index (χ4n) is 4.74. The smallest absolute Gasteiger partial charge is 0.394 e. The molecule has 1 amide bonds. The molecule has 0 spiro atoms. The van der Waals surface area contributed by atoms with Gasteiger partial charge in [0, 0.05) is 34.7 Å². The third-order valence-electron chi connectivity index (χ3n) is 6.30. The first-order chi connectivity index (χ1) is 16.5. The van der Waals surface area contributed by atoms with Crippen LogP contribution in [-0.4, -0.2) is 45.4 Å². The van der Waals surface area contributed by atoms with Crippen LogP contribution in [0.25, 0.3) is 10.9 Å². The van der Waals surface area contributed by atoms with Gasteiger partial charge in [-0.2, -0.15) is 18.3 Å². The number of nitrogens with one attached hydrogen (secondary N) is 1. The van der Waals surface area contributed by atoms with Gasteiger partial charge < -0.3 is 15.3 Å². The number of halogens is 5. The maximum absolute atomic E-state index is 15.2. The fraction of sp³-hybridized carbons (Fsp3) is 0.333. The molecule has 2 N–H and O–H groups in total. The summed E-state index contributed by atoms with van der Waals surface area (Å²) in [4.78, 5) is 13.9. The molecule has 0 saturated carbocycles. The highest BCUT2D eigenvalue weighted by atomic mass is 35.5. The Bertz CT molecular complexity index is 1310. The number of anilines is 1. The standard InChI is InChI=1S/C24H23ClF4N4O2/c1-3-20(35)32-9-8-23(13-32,21-14(2)17(25)6-7-18(21)26)30-15-4-5-16-19(12-15)33(10-11-34)31-22(16)24(27,28)29/h3-7,12,30,34H,1,8-11,13H2,2H3/t23-/m0/s1. The molecule has 35 heavy (non-hydrogen) atoms. The van der Waals surface area contributed by atoms with E-state index in [0.29, 0.717) is 29.2 Å². The Morgan fingerprint density at radius 2 is 2.09 bits per heavy atom. The van der Waals surface area contributed by atoms with Crippen molar-refractivity contribution in [1.82, 2.24) is 14.7 Å². The van der Waals surface area contributed by atoms with Crippen LogP contribution in [0.5, 0.6) is 0 Å². The van der Waals surface area contributed by atoms with Gasteiger partial charge >= 0.3 is 6.18 Å². The number of fused-ring (bicyclic) bond motifs is 1. The first-order valence-corrected chi connectivity index (χ1v) is 11.2. The molecule has 0 aliphatic carbocycles. The number of hydrogen-bond acceptors (Lipinski definition) is 4. The second kappa shape index (κ2) is 9.16. The van der Waals surface area contributed by atoms with Crippen molar-refractivity contribution in [2.45, 2.75) is 31.6 Å². The minimum Gasteiger partial charge on any atom is -0.394 e. The zero-order valence-corrected chi connectivity index (χ0v) is 19.5. The minimum absolute atomic E-state index is 0.0949. The quantitative estimate of drug-likeness (QED) is 0.366. The Labute approximate surface area is 203 Å². The van der Waals surface area contributed by atoms with Crippen molar-refractivity contribution in [3.8, 4) is 0 Å². The van der Waals surface area contributed by atoms with Gasteiger partial charge in [-0.1, -0.05) is 18.2 Å². The van der Waals surface area contributed by atoms with E-state index in [1.165, 1.54) is 41.3 Å². The number of rotatable bonds is 6. The molecule has 1 atom stereocenters. The molecule has 2 aromatic carbocycles. The van der Waals surface area contributed by atoms with Gasteiger partial charge in [0.25, 0.3) is 0 Å². The van der Waals surface area contributed by atoms with Crippen LogP contribution in [0.15, 0.2) is 43.0 Å². The molecule has 3 aromatic rings. The second-order valence-electron chi connectivity index (χ2n) is 8.48. The third-order valence-corrected chi connectivity index (χ3v) is 6.71. The number of benzene rings is 2. The zero-order valence-electron chi connectivity index (χ0n) is 18.8. The van der Waals surface area contributed by atoms with Crippen molar-refractivity contribution in [2.24, 2.45) is 0 Å². The van der Waals surface area contributed by atoms with Crippen LogP contribution in [0.2, 0.25) is 5.02 Å². The molecule has 4 rings (SSSR count). The van der Waals surface area contributed by atoms with Gasteiger partial charge in [0.15, 0.2) is 5.69 Å². The maximum atomic E-state index is 15.2. The summed E-state index contributed by atoms with van der Waals surface area (Å²) in [5.74, 6) is -0.835. The number of likely N-dealkylation sites (tertiary alicyclic amines) is 1. The van der Waals surface area contributed by atoms with E-state index < -0.39 is 29.8 Å². The van der Waals surface area contributed by atoms with Gasteiger partial charge in [0.05, 0.1) is 24.2 Å². The summed E-state index contributed by atoms with van der Waals surface area (Å²) in [6, 6.07) is 6.92. The van der Waals surface area contributed by atoms with Crippen LogP contribution in [0.1, 0.15) is 23.2 Å². The van der Waals surface area contributed by atoms with Crippen LogP contribution in [-0.2, 0) is 23.1 Å². The van der Waals surface area contributed by atoms with Crippen molar-refractivity contribution in [2.75, 3.05) is 25.0 Å². The van der Waals surface area contributed by atoms with Crippen molar-refractivity contribution >= 4 is 34.1 Å². The lowest BCUT2D eigenvalue weighted by Crippen LogP contribution is -2.41. The number of alkyl halides is 3. The summed E-state index contributed by atoms with van der Waals surface area (Å²) in [5, 5.41) is 16.5. The summed E-state index contributed by atoms with van der Waals surface area (Å²) >= 11 is 6.30. The highest BCUT2D eigenvalue weighted by Crippen LogP contribution is 2.42. The maximum Gasteiger partial charge on any atom is 0.435 e. The van der Waals surface area contributed by atoms with Gasteiger partial charge in [-0.3, -0.25) is 9.48 Å². The van der Waals surface area contributed by atoms with Gasteiger partial charge in [-0.25, -0.2) is 4.39 Å². The van der Waals surface area contributed by atoms with E-state index in [4.69, 9.17) is 11.6 Å². The first-order valence-electron chi connectivity index (χ1n) is 10.8. The highest BCUT2D eigenvalue weighted by Gasteiger charge is 2.44. The van der Waals surface area contributed by atoms with Crippen LogP contribution in [0.3, 0.4) is 0 Å². The lowest BCUT2D eigenvalue weighted by Gasteiger charge is -2.34. The molecule has 1 fully saturated rings. The number of amides is 1. The van der Waals surface area contributed by atoms with Gasteiger partial charge in [0.1, 0.15) is 5.82 Å². The topological polar surface area (TPSA) is 70.4 Å². The van der Waals surface area contributed by atoms with E-state index >= 15 is 4.39 Å². The lowest BCUT2D eigenvalue weighted by molar-refractivity contribution is -0.140. The molecule has 6 nitrogen and oxygen atoms in total. The number of aliphatic hydroxyl groups excluding tert-OH is 1. The minimum atomic E-state index is -4.67. The van der Waals surface area contributed by atoms with Crippen molar-refractivity contribution < 1.29 is 27.5 Å². The molecular weight excluding hydrogens is 488 g/mol. The normalized spacial score (nSPS) is 18.3. The molecule has 0 bridgehead atoms. The average molecular weight is 511 g/mol. The second-order valence-corrected chi connectivity index (χ2v) is 8.88. The summed E-state index contributed by atoms with van der Waals surface area (Å²) in [6.07, 6.45) is -3.17. The zero-order chi connectivity index (χ0) is 25.5. The molecule has 2 heterocycles. The SMILES string of the molecule is C=CC(=O)N1CC[C@@](Nc2ccc3c(C(F)(F)F)nn(CCO)c3c2)(c2c(F)ccc(Cl)c2C)C1. The van der Waals surface area contributed by atoms with E-state index in [9.17, 15) is 23.1 Å². The number of nitrogens with zero attached hydrogens (tertiary/aromatic N) is 3. The predicted molar refractivity (Wildman–Crippen MR) is 125 cm³/mol. The van der Waals surface area contributed by atoms with Gasteiger partial charge in [-0.05, 0) is 55.3 Å². The van der Waals surface area contributed by atoms with Crippen molar-refractivity contribution in [3.63, 3.8) is 0 Å². The molecule has 11 heteroatoms. The fourth-order valence-corrected chi connectivity index (χ4v) is 4.90. The number of aliphatic hydroxyl groups is 1. The van der Waals surface area contributed by atoms with E-state index in [-0.39, 0.29) is 35.5 Å². The van der Waals surface area contributed by atoms with Crippen LogP contribution in [0.4, 0.5) is 23.2 Å². The number of hydrogen-bond donors (Lipinski definition) is 2. The van der Waals surface area contributed by atoms with Gasteiger partial charge in [0.2, 0.25) is 5.91 Å². The van der Waals surface area contributed by atoms with Crippen molar-refractivity contribution in [3.05, 3.63) is 70.6 Å². The van der Waals surface area contributed by atoms with Gasteiger partial charge in [-0.15, -0.1) is 0 Å². The van der Waals surface area contributed by atoms with Crippen LogP contribution in [0, 0.1) is 12.7 Å². The van der Waals surface area contributed by atoms with E-state index in [2.05, 4.69) is 17.0 Å². The number of carbonyl (C=O) groups excluding carboxylic acids is 1. The number of aromatic nitrogens is 2. The monoisotopic (exact) mass is 510 g/mol. The predicted octanol–water partition coefficient (Wildman–Crippen LogP) is 4.87. The largest absolute Gasteiger partial charge is 0.435 e. The van der Waals surface area contributed by atoms with E-state index in [1.54, 1.807) is 6.92 Å². The Hall–Kier alpha value is -3.11. The summed E-state index contributed by atoms with van der Waals surface area (Å²) in [7, 11) is 0. The highest BCUT2D eigenvalue weighted by molar-refractivity contribution is 6.31.